The van der Waals surface area contributed by atoms with Gasteiger partial charge >= 0.3 is 0 Å². The molecule has 0 aliphatic rings. The lowest BCUT2D eigenvalue weighted by molar-refractivity contribution is -0.123. The van der Waals surface area contributed by atoms with Crippen molar-refractivity contribution >= 4 is 29.1 Å². The maximum absolute atomic E-state index is 11.9. The number of hydrogen-bond donors (Lipinski definition) is 1. The summed E-state index contributed by atoms with van der Waals surface area (Å²) in [5.41, 5.74) is 0. The molecule has 0 spiro atoms. The van der Waals surface area contributed by atoms with E-state index in [2.05, 4.69) is 5.32 Å². The van der Waals surface area contributed by atoms with Crippen LogP contribution in [-0.4, -0.2) is 38.1 Å². The molecule has 1 amide bonds. The first-order chi connectivity index (χ1) is 11.0. The van der Waals surface area contributed by atoms with Gasteiger partial charge < -0.3 is 14.5 Å². The van der Waals surface area contributed by atoms with Crippen LogP contribution in [-0.2, 0) is 4.79 Å². The Labute approximate surface area is 145 Å². The van der Waals surface area contributed by atoms with Crippen LogP contribution in [0.1, 0.15) is 11.8 Å². The Morgan fingerprint density at radius 2 is 2.13 bits per heavy atom. The van der Waals surface area contributed by atoms with Crippen molar-refractivity contribution < 1.29 is 13.9 Å². The Balaban J connectivity index is 1.86. The standard InChI is InChI=1S/C16H18Cl2N2O3/c1-20(2)13(14-4-3-7-22-14)9-19-16(21)10-23-15-8-11(17)5-6-12(15)18/h3-8,13H,9-10H2,1-2H3,(H,19,21)/t13-/m0/s1. The van der Waals surface area contributed by atoms with Gasteiger partial charge in [-0.25, -0.2) is 0 Å². The van der Waals surface area contributed by atoms with Gasteiger partial charge in [-0.05, 0) is 38.4 Å². The molecule has 0 bridgehead atoms. The van der Waals surface area contributed by atoms with E-state index < -0.39 is 0 Å². The minimum Gasteiger partial charge on any atom is -0.482 e. The summed E-state index contributed by atoms with van der Waals surface area (Å²) in [4.78, 5) is 13.9. The van der Waals surface area contributed by atoms with Crippen LogP contribution < -0.4 is 10.1 Å². The molecule has 2 rings (SSSR count). The number of amides is 1. The maximum atomic E-state index is 11.9. The lowest BCUT2D eigenvalue weighted by Crippen LogP contribution is -2.36. The molecule has 0 saturated heterocycles. The van der Waals surface area contributed by atoms with E-state index in [9.17, 15) is 4.79 Å². The summed E-state index contributed by atoms with van der Waals surface area (Å²) in [7, 11) is 3.84. The minimum atomic E-state index is -0.251. The minimum absolute atomic E-state index is 0.0521. The van der Waals surface area contributed by atoms with Gasteiger partial charge in [0.05, 0.1) is 17.3 Å². The van der Waals surface area contributed by atoms with E-state index in [1.54, 1.807) is 24.5 Å². The summed E-state index contributed by atoms with van der Waals surface area (Å²) in [6.45, 7) is 0.268. The molecule has 23 heavy (non-hydrogen) atoms. The summed E-state index contributed by atoms with van der Waals surface area (Å²) < 4.78 is 10.8. The Bertz CT molecular complexity index is 645. The number of rotatable bonds is 7. The van der Waals surface area contributed by atoms with Gasteiger partial charge in [-0.1, -0.05) is 23.2 Å². The molecular formula is C16H18Cl2N2O3. The summed E-state index contributed by atoms with van der Waals surface area (Å²) in [6.07, 6.45) is 1.61. The molecule has 2 aromatic rings. The van der Waals surface area contributed by atoms with Crippen LogP contribution in [0.15, 0.2) is 41.0 Å². The van der Waals surface area contributed by atoms with Gasteiger partial charge in [-0.15, -0.1) is 0 Å². The average molecular weight is 357 g/mol. The monoisotopic (exact) mass is 356 g/mol. The fourth-order valence-electron chi connectivity index (χ4n) is 2.01. The van der Waals surface area contributed by atoms with Crippen molar-refractivity contribution in [2.75, 3.05) is 27.2 Å². The number of carbonyl (C=O) groups is 1. The second kappa shape index (κ2) is 8.24. The largest absolute Gasteiger partial charge is 0.482 e. The van der Waals surface area contributed by atoms with Crippen molar-refractivity contribution in [3.05, 3.63) is 52.4 Å². The first-order valence-electron chi connectivity index (χ1n) is 7.01. The first-order valence-corrected chi connectivity index (χ1v) is 7.77. The lowest BCUT2D eigenvalue weighted by Gasteiger charge is -2.22. The Kier molecular flexibility index (Phi) is 6.33. The number of nitrogens with zero attached hydrogens (tertiary/aromatic N) is 1. The highest BCUT2D eigenvalue weighted by Crippen LogP contribution is 2.27. The molecule has 0 radical (unpaired) electrons. The van der Waals surface area contributed by atoms with Crippen molar-refractivity contribution in [2.45, 2.75) is 6.04 Å². The zero-order valence-corrected chi connectivity index (χ0v) is 14.4. The molecule has 124 valence electrons. The number of furan rings is 1. The van der Waals surface area contributed by atoms with E-state index in [1.165, 1.54) is 0 Å². The van der Waals surface area contributed by atoms with E-state index in [4.69, 9.17) is 32.4 Å². The fraction of sp³-hybridized carbons (Fsp3) is 0.312. The third-order valence-electron chi connectivity index (χ3n) is 3.24. The van der Waals surface area contributed by atoms with Gasteiger partial charge in [0, 0.05) is 17.6 Å². The summed E-state index contributed by atoms with van der Waals surface area (Å²) in [6, 6.07) is 8.49. The van der Waals surface area contributed by atoms with E-state index in [1.807, 2.05) is 31.1 Å². The van der Waals surface area contributed by atoms with Gasteiger partial charge in [0.2, 0.25) is 0 Å². The van der Waals surface area contributed by atoms with Crippen LogP contribution in [0.4, 0.5) is 0 Å². The van der Waals surface area contributed by atoms with Gasteiger partial charge in [0.25, 0.3) is 5.91 Å². The molecule has 0 saturated carbocycles. The van der Waals surface area contributed by atoms with Crippen LogP contribution >= 0.6 is 23.2 Å². The van der Waals surface area contributed by atoms with Crippen molar-refractivity contribution in [3.63, 3.8) is 0 Å². The normalized spacial score (nSPS) is 12.2. The Hall–Kier alpha value is -1.69. The molecular weight excluding hydrogens is 339 g/mol. The highest BCUT2D eigenvalue weighted by molar-refractivity contribution is 6.34. The summed E-state index contributed by atoms with van der Waals surface area (Å²) >= 11 is 11.9. The average Bonchev–Trinajstić information content (AvgIpc) is 3.02. The van der Waals surface area contributed by atoms with Crippen LogP contribution in [0, 0.1) is 0 Å². The smallest absolute Gasteiger partial charge is 0.258 e. The Morgan fingerprint density at radius 1 is 1.35 bits per heavy atom. The fourth-order valence-corrected chi connectivity index (χ4v) is 2.35. The number of likely N-dealkylation sites (N-methyl/N-ethyl adjacent to an activating group) is 1. The van der Waals surface area contributed by atoms with E-state index in [-0.39, 0.29) is 18.6 Å². The van der Waals surface area contributed by atoms with E-state index in [0.717, 1.165) is 5.76 Å². The lowest BCUT2D eigenvalue weighted by atomic mass is 10.2. The van der Waals surface area contributed by atoms with Crippen molar-refractivity contribution in [1.82, 2.24) is 10.2 Å². The third kappa shape index (κ3) is 5.16. The van der Waals surface area contributed by atoms with Crippen LogP contribution in [0.2, 0.25) is 10.0 Å². The zero-order chi connectivity index (χ0) is 16.8. The molecule has 0 fully saturated rings. The predicted octanol–water partition coefficient (Wildman–Crippen LogP) is 3.38. The first kappa shape index (κ1) is 17.7. The topological polar surface area (TPSA) is 54.7 Å². The van der Waals surface area contributed by atoms with Crippen LogP contribution in [0.3, 0.4) is 0 Å². The molecule has 1 aromatic carbocycles. The number of hydrogen-bond acceptors (Lipinski definition) is 4. The number of ether oxygens (including phenoxy) is 1. The molecule has 7 heteroatoms. The van der Waals surface area contributed by atoms with Crippen molar-refractivity contribution in [3.8, 4) is 5.75 Å². The third-order valence-corrected chi connectivity index (χ3v) is 3.79. The van der Waals surface area contributed by atoms with Crippen LogP contribution in [0.25, 0.3) is 0 Å². The molecule has 1 N–H and O–H groups in total. The highest BCUT2D eigenvalue weighted by atomic mass is 35.5. The van der Waals surface area contributed by atoms with Crippen molar-refractivity contribution in [1.29, 1.82) is 0 Å². The molecule has 1 aromatic heterocycles. The van der Waals surface area contributed by atoms with Gasteiger partial charge in [-0.3, -0.25) is 9.69 Å². The zero-order valence-electron chi connectivity index (χ0n) is 12.9. The highest BCUT2D eigenvalue weighted by Gasteiger charge is 2.18. The van der Waals surface area contributed by atoms with E-state index in [0.29, 0.717) is 22.3 Å². The maximum Gasteiger partial charge on any atom is 0.258 e. The van der Waals surface area contributed by atoms with Gasteiger partial charge in [0.15, 0.2) is 6.61 Å². The summed E-state index contributed by atoms with van der Waals surface area (Å²) in [5.74, 6) is 0.915. The summed E-state index contributed by atoms with van der Waals surface area (Å²) in [5, 5.41) is 3.72. The number of benzene rings is 1. The predicted molar refractivity (Wildman–Crippen MR) is 90.1 cm³/mol. The molecule has 0 aliphatic carbocycles. The second-order valence-electron chi connectivity index (χ2n) is 5.16. The number of halogens is 2. The second-order valence-corrected chi connectivity index (χ2v) is 6.01. The molecule has 0 unspecified atom stereocenters. The van der Waals surface area contributed by atoms with E-state index >= 15 is 0 Å². The van der Waals surface area contributed by atoms with Crippen LogP contribution in [0.5, 0.6) is 5.75 Å². The Morgan fingerprint density at radius 3 is 2.78 bits per heavy atom. The van der Waals surface area contributed by atoms with Crippen molar-refractivity contribution in [2.24, 2.45) is 0 Å². The number of carbonyl (C=O) groups excluding carboxylic acids is 1. The SMILES string of the molecule is CN(C)[C@@H](CNC(=O)COc1cc(Cl)ccc1Cl)c1ccco1. The quantitative estimate of drug-likeness (QED) is 0.825. The number of nitrogens with one attached hydrogen (secondary N) is 1. The molecule has 5 nitrogen and oxygen atoms in total. The van der Waals surface area contributed by atoms with Gasteiger partial charge in [-0.2, -0.15) is 0 Å². The molecule has 1 atom stereocenters. The molecule has 0 aliphatic heterocycles. The molecule has 1 heterocycles. The van der Waals surface area contributed by atoms with Gasteiger partial charge in [0.1, 0.15) is 11.5 Å².